The van der Waals surface area contributed by atoms with Gasteiger partial charge in [-0.2, -0.15) is 9.97 Å². The number of piperidine rings is 1. The van der Waals surface area contributed by atoms with Crippen molar-refractivity contribution in [2.75, 3.05) is 153 Å². The molecule has 0 saturated carbocycles. The van der Waals surface area contributed by atoms with E-state index < -0.39 is 0 Å². The molecule has 0 aliphatic carbocycles. The molecule has 83 heavy (non-hydrogen) atoms. The monoisotopic (exact) mass is 1120 g/mol. The first-order valence-corrected chi connectivity index (χ1v) is 28.6. The minimum Gasteiger partial charge on any atom is -0.497 e. The van der Waals surface area contributed by atoms with Crippen LogP contribution in [-0.4, -0.2) is 150 Å². The van der Waals surface area contributed by atoms with E-state index >= 15 is 0 Å². The van der Waals surface area contributed by atoms with E-state index in [1.54, 1.807) is 60.2 Å². The fourth-order valence-corrected chi connectivity index (χ4v) is 11.5. The van der Waals surface area contributed by atoms with Gasteiger partial charge in [0.2, 0.25) is 11.9 Å². The second-order valence-corrected chi connectivity index (χ2v) is 21.8. The average Bonchev–Trinajstić information content (AvgIpc) is 3.60. The van der Waals surface area contributed by atoms with Crippen LogP contribution < -0.4 is 59.1 Å². The van der Waals surface area contributed by atoms with Crippen molar-refractivity contribution in [3.05, 3.63) is 138 Å². The molecule has 5 aromatic carbocycles. The molecule has 0 bridgehead atoms. The molecule has 7 aromatic rings. The summed E-state index contributed by atoms with van der Waals surface area (Å²) in [5.41, 5.74) is 11.3. The van der Waals surface area contributed by atoms with E-state index in [2.05, 4.69) is 83.5 Å². The number of ether oxygens (including phenoxy) is 3. The second-order valence-electron chi connectivity index (χ2n) is 21.8. The number of fused-ring (bicyclic) bond motifs is 2. The number of benzene rings is 5. The molecule has 20 heteroatoms. The highest BCUT2D eigenvalue weighted by Gasteiger charge is 2.37. The minimum absolute atomic E-state index is 0.127. The van der Waals surface area contributed by atoms with Gasteiger partial charge in [-0.15, -0.1) is 0 Å². The maximum absolute atomic E-state index is 14.6. The highest BCUT2D eigenvalue weighted by molar-refractivity contribution is 6.12. The molecular weight excluding hydrogens is 1050 g/mol. The van der Waals surface area contributed by atoms with Gasteiger partial charge in [0.1, 0.15) is 23.1 Å². The Morgan fingerprint density at radius 2 is 1.08 bits per heavy atom. The first kappa shape index (κ1) is 56.0. The van der Waals surface area contributed by atoms with E-state index in [1.807, 2.05) is 92.8 Å². The van der Waals surface area contributed by atoms with Crippen molar-refractivity contribution >= 4 is 81.1 Å². The molecule has 2 aromatic heterocycles. The van der Waals surface area contributed by atoms with Crippen LogP contribution in [-0.2, 0) is 13.1 Å². The lowest BCUT2D eigenvalue weighted by Crippen LogP contribution is -2.46. The van der Waals surface area contributed by atoms with Crippen molar-refractivity contribution in [2.24, 2.45) is 0 Å². The number of nitrogens with one attached hydrogen (secondary N) is 2. The summed E-state index contributed by atoms with van der Waals surface area (Å²) in [6.45, 7) is 15.0. The Labute approximate surface area is 486 Å². The van der Waals surface area contributed by atoms with Crippen molar-refractivity contribution in [3.8, 4) is 17.2 Å². The molecule has 5 aliphatic heterocycles. The van der Waals surface area contributed by atoms with Crippen LogP contribution in [0.5, 0.6) is 17.2 Å². The molecule has 0 unspecified atom stereocenters. The number of methoxy groups -OCH3 is 3. The van der Waals surface area contributed by atoms with Gasteiger partial charge < -0.3 is 49.3 Å². The summed E-state index contributed by atoms with van der Waals surface area (Å²) < 4.78 is 16.9. The molecular formula is C63H75N15O5. The van der Waals surface area contributed by atoms with E-state index in [4.69, 9.17) is 24.2 Å². The summed E-state index contributed by atoms with van der Waals surface area (Å²) in [4.78, 5) is 65.4. The number of likely N-dealkylation sites (N-methyl/N-ethyl adjacent to an activating group) is 2. The van der Waals surface area contributed by atoms with Crippen LogP contribution in [0.2, 0.25) is 0 Å². The number of anilines is 12. The number of carbonyl (C=O) groups is 2. The fourth-order valence-electron chi connectivity index (χ4n) is 11.5. The highest BCUT2D eigenvalue weighted by Crippen LogP contribution is 2.43. The number of carbonyl (C=O) groups excluding carboxylic acids is 2. The zero-order chi connectivity index (χ0) is 57.7. The van der Waals surface area contributed by atoms with Gasteiger partial charge in [0.25, 0.3) is 0 Å². The molecule has 0 radical (unpaired) electrons. The summed E-state index contributed by atoms with van der Waals surface area (Å²) in [5.74, 6) is 3.80. The van der Waals surface area contributed by atoms with E-state index in [-0.39, 0.29) is 12.1 Å². The van der Waals surface area contributed by atoms with Crippen LogP contribution in [0.25, 0.3) is 0 Å². The largest absolute Gasteiger partial charge is 0.497 e. The Morgan fingerprint density at radius 3 is 1.72 bits per heavy atom. The van der Waals surface area contributed by atoms with Gasteiger partial charge >= 0.3 is 12.1 Å². The van der Waals surface area contributed by atoms with E-state index in [0.717, 1.165) is 122 Å². The Hall–Kier alpha value is -8.88. The molecule has 3 fully saturated rings. The van der Waals surface area contributed by atoms with E-state index in [0.29, 0.717) is 53.8 Å². The number of aromatic nitrogens is 4. The number of amides is 4. The molecule has 5 aliphatic rings. The number of hydrogen-bond donors (Lipinski definition) is 2. The highest BCUT2D eigenvalue weighted by atomic mass is 16.5. The number of para-hydroxylation sites is 2. The molecule has 2 N–H and O–H groups in total. The number of rotatable bonds is 13. The molecule has 4 amide bonds. The van der Waals surface area contributed by atoms with Gasteiger partial charge in [0.05, 0.1) is 51.5 Å². The average molecular weight is 1120 g/mol. The topological polar surface area (TPSA) is 167 Å². The zero-order valence-corrected chi connectivity index (χ0v) is 48.9. The predicted octanol–water partition coefficient (Wildman–Crippen LogP) is 10.4. The third kappa shape index (κ3) is 12.1. The molecule has 0 atom stereocenters. The Bertz CT molecular complexity index is 3440. The van der Waals surface area contributed by atoms with Crippen molar-refractivity contribution in [1.82, 2.24) is 29.7 Å². The Balaban J connectivity index is 0.000000185. The van der Waals surface area contributed by atoms with Gasteiger partial charge in [0, 0.05) is 137 Å². The maximum atomic E-state index is 14.6. The van der Waals surface area contributed by atoms with E-state index in [9.17, 15) is 9.59 Å². The molecule has 12 rings (SSSR count). The minimum atomic E-state index is -0.220. The van der Waals surface area contributed by atoms with Gasteiger partial charge in [-0.3, -0.25) is 14.7 Å². The lowest BCUT2D eigenvalue weighted by Gasteiger charge is -2.37. The fraction of sp³-hybridized carbons (Fsp3) is 0.365. The molecule has 7 heterocycles. The predicted molar refractivity (Wildman–Crippen MR) is 331 cm³/mol. The molecule has 3 saturated heterocycles. The van der Waals surface area contributed by atoms with Crippen molar-refractivity contribution in [1.29, 1.82) is 0 Å². The molecule has 0 spiro atoms. The van der Waals surface area contributed by atoms with Crippen LogP contribution in [0.15, 0.2) is 116 Å². The normalized spacial score (nSPS) is 16.7. The number of aryl methyl sites for hydroxylation is 2. The maximum Gasteiger partial charge on any atom is 0.335 e. The number of urea groups is 2. The van der Waals surface area contributed by atoms with Crippen LogP contribution in [0.1, 0.15) is 41.5 Å². The lowest BCUT2D eigenvalue weighted by molar-refractivity contribution is 0.250. The van der Waals surface area contributed by atoms with Crippen molar-refractivity contribution in [2.45, 2.75) is 46.2 Å². The Morgan fingerprint density at radius 1 is 0.494 bits per heavy atom. The van der Waals surface area contributed by atoms with Gasteiger partial charge in [0.15, 0.2) is 5.82 Å². The van der Waals surface area contributed by atoms with Gasteiger partial charge in [-0.25, -0.2) is 24.5 Å². The third-order valence-corrected chi connectivity index (χ3v) is 16.3. The summed E-state index contributed by atoms with van der Waals surface area (Å²) in [6, 6.07) is 33.6. The van der Waals surface area contributed by atoms with Gasteiger partial charge in [-0.05, 0) is 113 Å². The quantitative estimate of drug-likeness (QED) is 0.112. The zero-order valence-electron chi connectivity index (χ0n) is 48.9. The Kier molecular flexibility index (Phi) is 16.7. The summed E-state index contributed by atoms with van der Waals surface area (Å²) in [5, 5.41) is 6.79. The number of hydrogen-bond acceptors (Lipinski definition) is 16. The van der Waals surface area contributed by atoms with Crippen LogP contribution in [0.4, 0.5) is 78.6 Å². The number of piperazine rings is 2. The van der Waals surface area contributed by atoms with Crippen LogP contribution in [0, 0.1) is 13.8 Å². The summed E-state index contributed by atoms with van der Waals surface area (Å²) in [6.07, 6.45) is 7.28. The van der Waals surface area contributed by atoms with Gasteiger partial charge in [-0.1, -0.05) is 36.4 Å². The summed E-state index contributed by atoms with van der Waals surface area (Å²) in [7, 11) is 10.9. The molecule has 432 valence electrons. The van der Waals surface area contributed by atoms with E-state index in [1.165, 1.54) is 30.6 Å². The SMILES string of the molecule is COc1cc(N2CCN(C)CC2)ccc1Nc1ncc2c(n1)N(C)C(=O)N(c1ccccc1)C2.COc1ccc(N2C(=O)N(c3c(C)cccc3C)Cc3cnc(Nc4cc(N5CCCCC5)cc(N5CCN(C)CC5)c4)nc32)c(OC)c1. The van der Waals surface area contributed by atoms with Crippen LogP contribution >= 0.6 is 0 Å². The first-order chi connectivity index (χ1) is 40.4. The van der Waals surface area contributed by atoms with Crippen molar-refractivity contribution in [3.63, 3.8) is 0 Å². The third-order valence-electron chi connectivity index (χ3n) is 16.3. The standard InChI is InChI=1S/C38H46N8O3.C25H29N7O2/c1-26-10-9-11-27(2)35(26)45-25-28-24-39-37(41-36(28)46(38(45)47)33-13-12-32(48-4)23-34(33)49-5)40-29-20-30(43-14-7-6-8-15-43)22-31(21-29)44-18-16-42(3)17-19-44;1-29-11-13-31(14-12-29)20-9-10-21(22(15-20)34-3)27-24-26-16-18-17-32(19-7-5-4-6-8-19)25(33)30(2)23(18)28-24/h9-13,20-24H,6-8,14-19,25H2,1-5H3,(H,39,40,41);4-10,15-16H,11-14,17H2,1-3H3,(H,26,27,28). The summed E-state index contributed by atoms with van der Waals surface area (Å²) >= 11 is 0. The second kappa shape index (κ2) is 24.7. The smallest absolute Gasteiger partial charge is 0.335 e. The van der Waals surface area contributed by atoms with Crippen LogP contribution in [0.3, 0.4) is 0 Å². The first-order valence-electron chi connectivity index (χ1n) is 28.6. The number of nitrogens with zero attached hydrogens (tertiary/aromatic N) is 13. The van der Waals surface area contributed by atoms with Crippen molar-refractivity contribution < 1.29 is 23.8 Å². The molecule has 20 nitrogen and oxygen atoms in total. The lowest BCUT2D eigenvalue weighted by atomic mass is 10.1.